The Kier molecular flexibility index (Phi) is 6.52. The number of aryl methyl sites for hydroxylation is 1. The minimum absolute atomic E-state index is 0.0627. The molecule has 0 fully saturated rings. The van der Waals surface area contributed by atoms with Crippen molar-refractivity contribution in [1.82, 2.24) is 10.2 Å². The van der Waals surface area contributed by atoms with Gasteiger partial charge in [-0.25, -0.2) is 0 Å². The van der Waals surface area contributed by atoms with E-state index in [1.807, 2.05) is 16.8 Å². The highest BCUT2D eigenvalue weighted by Crippen LogP contribution is 2.22. The molecule has 2 rings (SSSR count). The lowest BCUT2D eigenvalue weighted by Crippen LogP contribution is -2.87. The summed E-state index contributed by atoms with van der Waals surface area (Å²) in [5.74, 6) is -0.230. The maximum atomic E-state index is 12.3. The highest BCUT2D eigenvalue weighted by molar-refractivity contribution is 7.10. The lowest BCUT2D eigenvalue weighted by Gasteiger charge is -2.18. The van der Waals surface area contributed by atoms with Gasteiger partial charge in [0.25, 0.3) is 5.91 Å². The number of nitrogens with two attached hydrogens (primary N) is 1. The smallest absolute Gasteiger partial charge is 0.277 e. The Balaban J connectivity index is 2.05. The zero-order valence-electron chi connectivity index (χ0n) is 14.3. The van der Waals surface area contributed by atoms with Gasteiger partial charge in [0.05, 0.1) is 11.4 Å². The van der Waals surface area contributed by atoms with E-state index in [9.17, 15) is 9.59 Å². The van der Waals surface area contributed by atoms with Crippen LogP contribution in [0.25, 0.3) is 0 Å². The number of rotatable bonds is 7. The Morgan fingerprint density at radius 2 is 1.96 bits per heavy atom. The third kappa shape index (κ3) is 4.91. The molecule has 128 valence electrons. The number of quaternary nitrogens is 1. The first-order chi connectivity index (χ1) is 11.5. The Morgan fingerprint density at radius 3 is 2.54 bits per heavy atom. The van der Waals surface area contributed by atoms with E-state index in [-0.39, 0.29) is 24.4 Å². The summed E-state index contributed by atoms with van der Waals surface area (Å²) in [7, 11) is 3.22. The van der Waals surface area contributed by atoms with Crippen LogP contribution < -0.4 is 10.6 Å². The van der Waals surface area contributed by atoms with Crippen LogP contribution in [0.4, 0.5) is 0 Å². The summed E-state index contributed by atoms with van der Waals surface area (Å²) in [6, 6.07) is 12.6. The number of amides is 2. The van der Waals surface area contributed by atoms with Gasteiger partial charge in [0.2, 0.25) is 5.91 Å². The van der Waals surface area contributed by atoms with Gasteiger partial charge in [-0.05, 0) is 18.4 Å². The highest BCUT2D eigenvalue weighted by Gasteiger charge is 2.21. The molecule has 2 aromatic rings. The molecule has 5 nitrogen and oxygen atoms in total. The molecular formula is C18H24N3O2S+. The van der Waals surface area contributed by atoms with E-state index >= 15 is 0 Å². The minimum Gasteiger partial charge on any atom is -0.358 e. The van der Waals surface area contributed by atoms with E-state index in [0.29, 0.717) is 6.54 Å². The molecule has 0 spiro atoms. The van der Waals surface area contributed by atoms with Gasteiger partial charge in [-0.1, -0.05) is 35.9 Å². The van der Waals surface area contributed by atoms with Crippen molar-refractivity contribution >= 4 is 23.2 Å². The summed E-state index contributed by atoms with van der Waals surface area (Å²) in [4.78, 5) is 26.3. The normalized spacial score (nSPS) is 11.8. The molecule has 3 N–H and O–H groups in total. The summed E-state index contributed by atoms with van der Waals surface area (Å²) in [6.07, 6.45) is 0. The SMILES string of the molecule is CNC(=O)CN(C)C(=O)C[NH2+][C@H](c1ccc(C)cc1)c1cccs1. The fourth-order valence-electron chi connectivity index (χ4n) is 2.42. The topological polar surface area (TPSA) is 66.0 Å². The van der Waals surface area contributed by atoms with Crippen molar-refractivity contribution < 1.29 is 14.9 Å². The molecule has 0 aliphatic carbocycles. The highest BCUT2D eigenvalue weighted by atomic mass is 32.1. The maximum absolute atomic E-state index is 12.3. The number of nitrogens with one attached hydrogen (secondary N) is 1. The molecule has 2 amide bonds. The zero-order valence-corrected chi connectivity index (χ0v) is 15.1. The molecule has 1 aromatic carbocycles. The number of benzene rings is 1. The molecule has 0 saturated heterocycles. The lowest BCUT2D eigenvalue weighted by molar-refractivity contribution is -0.676. The molecule has 1 atom stereocenters. The average molecular weight is 346 g/mol. The van der Waals surface area contributed by atoms with Crippen LogP contribution in [0.3, 0.4) is 0 Å². The van der Waals surface area contributed by atoms with Gasteiger partial charge in [0.15, 0.2) is 6.54 Å². The van der Waals surface area contributed by atoms with E-state index in [2.05, 4.69) is 42.6 Å². The molecule has 0 aliphatic heterocycles. The lowest BCUT2D eigenvalue weighted by atomic mass is 10.0. The van der Waals surface area contributed by atoms with Crippen LogP contribution in [-0.4, -0.2) is 43.9 Å². The number of likely N-dealkylation sites (N-methyl/N-ethyl adjacent to an activating group) is 2. The molecule has 0 bridgehead atoms. The molecule has 1 aromatic heterocycles. The number of nitrogens with zero attached hydrogens (tertiary/aromatic N) is 1. The summed E-state index contributed by atoms with van der Waals surface area (Å²) >= 11 is 1.68. The van der Waals surface area contributed by atoms with E-state index < -0.39 is 0 Å². The van der Waals surface area contributed by atoms with Crippen LogP contribution >= 0.6 is 11.3 Å². The first-order valence-electron chi connectivity index (χ1n) is 7.89. The molecule has 0 saturated carbocycles. The summed E-state index contributed by atoms with van der Waals surface area (Å²) in [5.41, 5.74) is 2.38. The largest absolute Gasteiger partial charge is 0.358 e. The molecule has 0 radical (unpaired) electrons. The Bertz CT molecular complexity index is 668. The van der Waals surface area contributed by atoms with Crippen molar-refractivity contribution in [2.75, 3.05) is 27.2 Å². The van der Waals surface area contributed by atoms with Crippen molar-refractivity contribution in [3.8, 4) is 0 Å². The second-order valence-electron chi connectivity index (χ2n) is 5.77. The van der Waals surface area contributed by atoms with E-state index in [1.54, 1.807) is 25.4 Å². The third-order valence-corrected chi connectivity index (χ3v) is 4.86. The Hall–Kier alpha value is -2.18. The molecule has 1 heterocycles. The summed E-state index contributed by atoms with van der Waals surface area (Å²) in [6.45, 7) is 2.44. The number of carbonyl (C=O) groups is 2. The summed E-state index contributed by atoms with van der Waals surface area (Å²) < 4.78 is 0. The van der Waals surface area contributed by atoms with Gasteiger partial charge in [-0.2, -0.15) is 0 Å². The van der Waals surface area contributed by atoms with Gasteiger partial charge in [-0.15, -0.1) is 11.3 Å². The first-order valence-corrected chi connectivity index (χ1v) is 8.77. The molecular weight excluding hydrogens is 322 g/mol. The minimum atomic E-state index is -0.167. The Morgan fingerprint density at radius 1 is 1.25 bits per heavy atom. The van der Waals surface area contributed by atoms with Gasteiger partial charge in [0, 0.05) is 19.7 Å². The van der Waals surface area contributed by atoms with Crippen molar-refractivity contribution in [3.05, 3.63) is 57.8 Å². The number of carbonyl (C=O) groups excluding carboxylic acids is 2. The fourth-order valence-corrected chi connectivity index (χ4v) is 3.27. The molecule has 6 heteroatoms. The van der Waals surface area contributed by atoms with Crippen LogP contribution in [0.5, 0.6) is 0 Å². The van der Waals surface area contributed by atoms with Gasteiger partial charge in [-0.3, -0.25) is 9.59 Å². The van der Waals surface area contributed by atoms with Crippen molar-refractivity contribution in [1.29, 1.82) is 0 Å². The Labute approximate surface area is 146 Å². The van der Waals surface area contributed by atoms with Crippen molar-refractivity contribution in [2.45, 2.75) is 13.0 Å². The van der Waals surface area contributed by atoms with Crippen LogP contribution in [-0.2, 0) is 9.59 Å². The number of hydrogen-bond donors (Lipinski definition) is 2. The standard InChI is InChI=1S/C18H23N3O2S/c1-13-6-8-14(9-7-13)18(15-5-4-10-24-15)20-11-17(23)21(3)12-16(22)19-2/h4-10,18,20H,11-12H2,1-3H3,(H,19,22)/p+1/t18-/m1/s1. The third-order valence-electron chi connectivity index (χ3n) is 3.90. The van der Waals surface area contributed by atoms with Gasteiger partial charge in [0.1, 0.15) is 6.04 Å². The van der Waals surface area contributed by atoms with Gasteiger partial charge < -0.3 is 15.5 Å². The average Bonchev–Trinajstić information content (AvgIpc) is 3.10. The fraction of sp³-hybridized carbons (Fsp3) is 0.333. The second-order valence-corrected chi connectivity index (χ2v) is 6.75. The van der Waals surface area contributed by atoms with Crippen LogP contribution in [0, 0.1) is 6.92 Å². The monoisotopic (exact) mass is 346 g/mol. The molecule has 0 aliphatic rings. The summed E-state index contributed by atoms with van der Waals surface area (Å²) in [5, 5.41) is 6.60. The quantitative estimate of drug-likeness (QED) is 0.783. The maximum Gasteiger partial charge on any atom is 0.277 e. The van der Waals surface area contributed by atoms with Gasteiger partial charge >= 0.3 is 0 Å². The second kappa shape index (κ2) is 8.61. The zero-order chi connectivity index (χ0) is 17.5. The van der Waals surface area contributed by atoms with E-state index in [4.69, 9.17) is 0 Å². The first kappa shape index (κ1) is 18.2. The molecule has 0 unspecified atom stereocenters. The number of thiophene rings is 1. The molecule has 24 heavy (non-hydrogen) atoms. The van der Waals surface area contributed by atoms with Crippen molar-refractivity contribution in [2.24, 2.45) is 0 Å². The van der Waals surface area contributed by atoms with Crippen LogP contribution in [0.15, 0.2) is 41.8 Å². The predicted molar refractivity (Wildman–Crippen MR) is 95.8 cm³/mol. The number of hydrogen-bond acceptors (Lipinski definition) is 3. The van der Waals surface area contributed by atoms with E-state index in [1.165, 1.54) is 20.9 Å². The van der Waals surface area contributed by atoms with Crippen molar-refractivity contribution in [3.63, 3.8) is 0 Å². The van der Waals surface area contributed by atoms with Crippen LogP contribution in [0.2, 0.25) is 0 Å². The predicted octanol–water partition coefficient (Wildman–Crippen LogP) is 0.914. The van der Waals surface area contributed by atoms with E-state index in [0.717, 1.165) is 0 Å². The van der Waals surface area contributed by atoms with Crippen LogP contribution in [0.1, 0.15) is 22.0 Å².